The van der Waals surface area contributed by atoms with Crippen molar-refractivity contribution in [1.29, 1.82) is 5.26 Å². The van der Waals surface area contributed by atoms with Crippen LogP contribution in [0.3, 0.4) is 0 Å². The number of ketones is 1. The fourth-order valence-corrected chi connectivity index (χ4v) is 1.96. The molecule has 0 aliphatic heterocycles. The number of nitriles is 1. The normalized spacial score (nSPS) is 13.1. The summed E-state index contributed by atoms with van der Waals surface area (Å²) in [5.74, 6) is -0.231. The third-order valence-electron chi connectivity index (χ3n) is 3.01. The molecule has 1 unspecified atom stereocenters. The molecule has 3 nitrogen and oxygen atoms in total. The molecule has 0 saturated heterocycles. The Morgan fingerprint density at radius 1 is 1.05 bits per heavy atom. The predicted octanol–water partition coefficient (Wildman–Crippen LogP) is 3.11. The Labute approximate surface area is 112 Å². The number of para-hydroxylation sites is 1. The van der Waals surface area contributed by atoms with Crippen molar-refractivity contribution in [3.8, 4) is 6.07 Å². The molecule has 3 heteroatoms. The first-order valence-corrected chi connectivity index (χ1v) is 6.00. The van der Waals surface area contributed by atoms with E-state index in [9.17, 15) is 10.1 Å². The highest BCUT2D eigenvalue weighted by Gasteiger charge is 2.37. The number of anilines is 1. The van der Waals surface area contributed by atoms with Crippen LogP contribution < -0.4 is 5.32 Å². The molecule has 0 fully saturated rings. The lowest BCUT2D eigenvalue weighted by Crippen LogP contribution is -2.40. The number of nitrogens with one attached hydrogen (secondary N) is 1. The Balaban J connectivity index is 2.48. The molecule has 1 atom stereocenters. The zero-order valence-corrected chi connectivity index (χ0v) is 10.6. The van der Waals surface area contributed by atoms with E-state index in [1.54, 1.807) is 12.1 Å². The largest absolute Gasteiger partial charge is 0.358 e. The van der Waals surface area contributed by atoms with Crippen molar-refractivity contribution in [2.45, 2.75) is 12.5 Å². The van der Waals surface area contributed by atoms with Gasteiger partial charge < -0.3 is 5.32 Å². The molecule has 19 heavy (non-hydrogen) atoms. The number of rotatable bonds is 4. The van der Waals surface area contributed by atoms with E-state index in [0.29, 0.717) is 5.56 Å². The summed E-state index contributed by atoms with van der Waals surface area (Å²) < 4.78 is 0. The standard InChI is InChI=1S/C16H14N2O/c1-13(19)16(12-17,14-8-4-2-5-9-14)18-15-10-6-3-7-11-15/h2-11,18H,1H3. The highest BCUT2D eigenvalue weighted by molar-refractivity contribution is 5.93. The van der Waals surface area contributed by atoms with E-state index in [2.05, 4.69) is 11.4 Å². The molecule has 94 valence electrons. The lowest BCUT2D eigenvalue weighted by molar-refractivity contribution is -0.119. The van der Waals surface area contributed by atoms with E-state index >= 15 is 0 Å². The van der Waals surface area contributed by atoms with Gasteiger partial charge in [0.2, 0.25) is 5.54 Å². The number of carbonyl (C=O) groups excluding carboxylic acids is 1. The maximum absolute atomic E-state index is 12.0. The first-order valence-electron chi connectivity index (χ1n) is 6.00. The highest BCUT2D eigenvalue weighted by Crippen LogP contribution is 2.26. The molecule has 0 bridgehead atoms. The summed E-state index contributed by atoms with van der Waals surface area (Å²) in [6.07, 6.45) is 0. The molecule has 0 radical (unpaired) electrons. The van der Waals surface area contributed by atoms with Crippen LogP contribution in [0.2, 0.25) is 0 Å². The van der Waals surface area contributed by atoms with Crippen LogP contribution in [0.1, 0.15) is 12.5 Å². The molecule has 2 aromatic carbocycles. The second kappa shape index (κ2) is 5.36. The molecule has 0 heterocycles. The van der Waals surface area contributed by atoms with E-state index in [1.165, 1.54) is 6.92 Å². The molecule has 0 amide bonds. The summed E-state index contributed by atoms with van der Waals surface area (Å²) in [6, 6.07) is 20.4. The van der Waals surface area contributed by atoms with Crippen LogP contribution in [0, 0.1) is 11.3 Å². The second-order valence-corrected chi connectivity index (χ2v) is 4.28. The van der Waals surface area contributed by atoms with Gasteiger partial charge in [-0.15, -0.1) is 0 Å². The Morgan fingerprint density at radius 2 is 1.58 bits per heavy atom. The van der Waals surface area contributed by atoms with Crippen molar-refractivity contribution < 1.29 is 4.79 Å². The Bertz CT molecular complexity index is 602. The van der Waals surface area contributed by atoms with Gasteiger partial charge in [0.25, 0.3) is 0 Å². The average molecular weight is 250 g/mol. The van der Waals surface area contributed by atoms with Crippen LogP contribution in [0.15, 0.2) is 60.7 Å². The number of benzene rings is 2. The fraction of sp³-hybridized carbons (Fsp3) is 0.125. The maximum atomic E-state index is 12.0. The SMILES string of the molecule is CC(=O)C(C#N)(Nc1ccccc1)c1ccccc1. The Hall–Kier alpha value is -2.60. The maximum Gasteiger partial charge on any atom is 0.209 e. The first-order chi connectivity index (χ1) is 9.19. The average Bonchev–Trinajstić information content (AvgIpc) is 2.46. The Kier molecular flexibility index (Phi) is 3.63. The third kappa shape index (κ3) is 2.48. The zero-order valence-electron chi connectivity index (χ0n) is 10.6. The van der Waals surface area contributed by atoms with E-state index in [1.807, 2.05) is 48.5 Å². The summed E-state index contributed by atoms with van der Waals surface area (Å²) in [4.78, 5) is 12.0. The lowest BCUT2D eigenvalue weighted by Gasteiger charge is -2.26. The highest BCUT2D eigenvalue weighted by atomic mass is 16.1. The lowest BCUT2D eigenvalue weighted by atomic mass is 9.87. The summed E-state index contributed by atoms with van der Waals surface area (Å²) in [6.45, 7) is 1.42. The van der Waals surface area contributed by atoms with Gasteiger partial charge in [0.15, 0.2) is 5.78 Å². The minimum atomic E-state index is -1.34. The van der Waals surface area contributed by atoms with Crippen molar-refractivity contribution in [3.63, 3.8) is 0 Å². The molecule has 0 aliphatic rings. The molecule has 0 aliphatic carbocycles. The third-order valence-corrected chi connectivity index (χ3v) is 3.01. The van der Waals surface area contributed by atoms with Gasteiger partial charge in [-0.05, 0) is 24.6 Å². The van der Waals surface area contributed by atoms with E-state index < -0.39 is 5.54 Å². The molecule has 0 saturated carbocycles. The first kappa shape index (κ1) is 12.8. The summed E-state index contributed by atoms with van der Waals surface area (Å²) in [5.41, 5.74) is 0.0414. The molecule has 0 spiro atoms. The number of hydrogen-bond acceptors (Lipinski definition) is 3. The molecule has 0 aromatic heterocycles. The van der Waals surface area contributed by atoms with Crippen LogP contribution in [0.4, 0.5) is 5.69 Å². The van der Waals surface area contributed by atoms with Crippen molar-refractivity contribution >= 4 is 11.5 Å². The van der Waals surface area contributed by atoms with Crippen LogP contribution in [0.25, 0.3) is 0 Å². The van der Waals surface area contributed by atoms with Crippen LogP contribution in [-0.4, -0.2) is 5.78 Å². The van der Waals surface area contributed by atoms with Crippen molar-refractivity contribution in [3.05, 3.63) is 66.2 Å². The molecule has 2 aromatic rings. The van der Waals surface area contributed by atoms with Gasteiger partial charge in [-0.3, -0.25) is 4.79 Å². The number of nitrogens with zero attached hydrogens (tertiary/aromatic N) is 1. The van der Waals surface area contributed by atoms with Gasteiger partial charge in [0, 0.05) is 5.69 Å². The van der Waals surface area contributed by atoms with E-state index in [4.69, 9.17) is 0 Å². The number of Topliss-reactive ketones (excluding diaryl/α,β-unsaturated/α-hetero) is 1. The topological polar surface area (TPSA) is 52.9 Å². The van der Waals surface area contributed by atoms with Gasteiger partial charge in [0.05, 0.1) is 0 Å². The molecular formula is C16H14N2O. The number of carbonyl (C=O) groups is 1. The predicted molar refractivity (Wildman–Crippen MR) is 74.5 cm³/mol. The van der Waals surface area contributed by atoms with Crippen molar-refractivity contribution in [2.24, 2.45) is 0 Å². The fourth-order valence-electron chi connectivity index (χ4n) is 1.96. The quantitative estimate of drug-likeness (QED) is 0.907. The van der Waals surface area contributed by atoms with E-state index in [0.717, 1.165) is 5.69 Å². The minimum Gasteiger partial charge on any atom is -0.358 e. The summed E-state index contributed by atoms with van der Waals surface area (Å²) in [5, 5.41) is 12.6. The zero-order chi connectivity index (χ0) is 13.7. The van der Waals surface area contributed by atoms with Gasteiger partial charge in [-0.25, -0.2) is 0 Å². The van der Waals surface area contributed by atoms with Gasteiger partial charge in [-0.2, -0.15) is 5.26 Å². The second-order valence-electron chi connectivity index (χ2n) is 4.28. The van der Waals surface area contributed by atoms with Gasteiger partial charge in [0.1, 0.15) is 6.07 Å². The molecule has 1 N–H and O–H groups in total. The summed E-state index contributed by atoms with van der Waals surface area (Å²) in [7, 11) is 0. The molecular weight excluding hydrogens is 236 g/mol. The van der Waals surface area contributed by atoms with Crippen LogP contribution in [-0.2, 0) is 10.3 Å². The molecule has 2 rings (SSSR count). The van der Waals surface area contributed by atoms with Gasteiger partial charge >= 0.3 is 0 Å². The van der Waals surface area contributed by atoms with Crippen LogP contribution in [0.5, 0.6) is 0 Å². The van der Waals surface area contributed by atoms with Crippen molar-refractivity contribution in [1.82, 2.24) is 0 Å². The minimum absolute atomic E-state index is 0.231. The monoisotopic (exact) mass is 250 g/mol. The Morgan fingerprint density at radius 3 is 2.05 bits per heavy atom. The smallest absolute Gasteiger partial charge is 0.209 e. The van der Waals surface area contributed by atoms with Gasteiger partial charge in [-0.1, -0.05) is 48.5 Å². The van der Waals surface area contributed by atoms with Crippen LogP contribution >= 0.6 is 0 Å². The van der Waals surface area contributed by atoms with Crippen molar-refractivity contribution in [2.75, 3.05) is 5.32 Å². The van der Waals surface area contributed by atoms with E-state index in [-0.39, 0.29) is 5.78 Å². The summed E-state index contributed by atoms with van der Waals surface area (Å²) >= 11 is 0. The number of hydrogen-bond donors (Lipinski definition) is 1.